The number of nitrogens with one attached hydrogen (secondary N) is 1. The first-order valence-electron chi connectivity index (χ1n) is 7.77. The molecule has 4 saturated carbocycles. The van der Waals surface area contributed by atoms with Crippen molar-refractivity contribution in [2.45, 2.75) is 70.0 Å². The molecule has 0 aromatic carbocycles. The van der Waals surface area contributed by atoms with Crippen LogP contribution >= 0.6 is 28.3 Å². The van der Waals surface area contributed by atoms with Gasteiger partial charge in [-0.1, -0.05) is 0 Å². The highest BCUT2D eigenvalue weighted by atomic mass is 35.9. The van der Waals surface area contributed by atoms with Gasteiger partial charge in [0.1, 0.15) is 0 Å². The van der Waals surface area contributed by atoms with Gasteiger partial charge in [-0.2, -0.15) is 0 Å². The maximum Gasteiger partial charge on any atom is 0.259 e. The summed E-state index contributed by atoms with van der Waals surface area (Å²) in [6.45, 7) is 5.99. The largest absolute Gasteiger partial charge is 0.351 e. The molecular formula is C15H24Cl2NO2P. The molecule has 1 N–H and O–H groups in total. The summed E-state index contributed by atoms with van der Waals surface area (Å²) in [4.78, 5) is 12.9. The van der Waals surface area contributed by atoms with Crippen molar-refractivity contribution in [2.24, 2.45) is 17.3 Å². The summed E-state index contributed by atoms with van der Waals surface area (Å²) in [5, 5.41) is 2.61. The lowest BCUT2D eigenvalue weighted by molar-refractivity contribution is -0.146. The van der Waals surface area contributed by atoms with E-state index in [4.69, 9.17) is 22.5 Å². The highest BCUT2D eigenvalue weighted by Crippen LogP contribution is 2.79. The Balaban J connectivity index is 1.94. The number of carbonyl (C=O) groups excluding carboxylic acids is 1. The third kappa shape index (κ3) is 2.68. The van der Waals surface area contributed by atoms with E-state index in [0.717, 1.165) is 32.1 Å². The molecule has 0 radical (unpaired) electrons. The van der Waals surface area contributed by atoms with Crippen LogP contribution in [0.25, 0.3) is 0 Å². The molecule has 4 rings (SSSR count). The summed E-state index contributed by atoms with van der Waals surface area (Å²) in [6.07, 6.45) is 5.21. The number of hydrogen-bond acceptors (Lipinski definition) is 2. The Morgan fingerprint density at radius 3 is 2.10 bits per heavy atom. The van der Waals surface area contributed by atoms with Gasteiger partial charge in [-0.05, 0) is 93.6 Å². The zero-order chi connectivity index (χ0) is 15.7. The minimum absolute atomic E-state index is 0.107. The predicted molar refractivity (Wildman–Crippen MR) is 87.1 cm³/mol. The van der Waals surface area contributed by atoms with Gasteiger partial charge in [-0.15, -0.1) is 0 Å². The smallest absolute Gasteiger partial charge is 0.259 e. The van der Waals surface area contributed by atoms with Crippen LogP contribution in [0, 0.1) is 17.3 Å². The van der Waals surface area contributed by atoms with Crippen LogP contribution in [0.2, 0.25) is 0 Å². The Kier molecular flexibility index (Phi) is 3.57. The summed E-state index contributed by atoms with van der Waals surface area (Å²) in [7, 11) is 0. The fraction of sp³-hybridized carbons (Fsp3) is 0.933. The van der Waals surface area contributed by atoms with E-state index in [9.17, 15) is 9.36 Å². The molecule has 1 amide bonds. The van der Waals surface area contributed by atoms with Crippen molar-refractivity contribution in [1.82, 2.24) is 5.32 Å². The quantitative estimate of drug-likeness (QED) is 0.718. The van der Waals surface area contributed by atoms with E-state index in [2.05, 4.69) is 5.32 Å². The maximum absolute atomic E-state index is 12.9. The monoisotopic (exact) mass is 351 g/mol. The Bertz CT molecular complexity index is 508. The molecule has 21 heavy (non-hydrogen) atoms. The number of amides is 1. The van der Waals surface area contributed by atoms with E-state index in [1.165, 1.54) is 0 Å². The Labute approximate surface area is 136 Å². The van der Waals surface area contributed by atoms with Crippen LogP contribution in [0.1, 0.15) is 59.3 Å². The van der Waals surface area contributed by atoms with Crippen molar-refractivity contribution in [2.75, 3.05) is 0 Å². The summed E-state index contributed by atoms with van der Waals surface area (Å²) in [5.74, 6) is -2.23. The molecule has 120 valence electrons. The van der Waals surface area contributed by atoms with Crippen molar-refractivity contribution in [1.29, 1.82) is 0 Å². The third-order valence-corrected chi connectivity index (χ3v) is 9.33. The van der Waals surface area contributed by atoms with E-state index >= 15 is 0 Å². The van der Waals surface area contributed by atoms with Gasteiger partial charge in [-0.25, -0.2) is 0 Å². The number of halogens is 2. The molecule has 6 heteroatoms. The zero-order valence-electron chi connectivity index (χ0n) is 12.9. The highest BCUT2D eigenvalue weighted by molar-refractivity contribution is 8.09. The molecule has 3 nitrogen and oxygen atoms in total. The fourth-order valence-corrected chi connectivity index (χ4v) is 7.87. The SMILES string of the molecule is CC(C)(C)NC(=O)C12CC3CC(C1)CC(P(=O)(Cl)Cl)(C3)C2. The first-order valence-corrected chi connectivity index (χ1v) is 11.3. The summed E-state index contributed by atoms with van der Waals surface area (Å²) in [6, 6.07) is 0. The standard InChI is InChI=1S/C15H24Cl2NO2P/c1-13(2,3)18-12(19)14-5-10-4-11(6-14)8-15(7-10,9-14)21(16,17)20/h10-11H,4-9H2,1-3H3,(H,18,19). The molecule has 0 saturated heterocycles. The van der Waals surface area contributed by atoms with Gasteiger partial charge in [0.15, 0.2) is 0 Å². The summed E-state index contributed by atoms with van der Waals surface area (Å²) >= 11 is 12.3. The van der Waals surface area contributed by atoms with Crippen molar-refractivity contribution >= 4 is 34.2 Å². The topological polar surface area (TPSA) is 46.2 Å². The lowest BCUT2D eigenvalue weighted by atomic mass is 9.49. The third-order valence-electron chi connectivity index (χ3n) is 5.55. The molecule has 4 aliphatic carbocycles. The van der Waals surface area contributed by atoms with Crippen molar-refractivity contribution in [3.63, 3.8) is 0 Å². The van der Waals surface area contributed by atoms with Crippen LogP contribution in [0.3, 0.4) is 0 Å². The van der Waals surface area contributed by atoms with Gasteiger partial charge in [-0.3, -0.25) is 9.36 Å². The molecule has 0 aromatic rings. The van der Waals surface area contributed by atoms with E-state index in [1.54, 1.807) is 0 Å². The minimum atomic E-state index is -3.23. The predicted octanol–water partition coefficient (Wildman–Crippen LogP) is 4.91. The summed E-state index contributed by atoms with van der Waals surface area (Å²) in [5.41, 5.74) is -0.657. The Morgan fingerprint density at radius 2 is 1.67 bits per heavy atom. The molecule has 0 aliphatic heterocycles. The van der Waals surface area contributed by atoms with E-state index < -0.39 is 16.4 Å². The lowest BCUT2D eigenvalue weighted by Gasteiger charge is -2.61. The maximum atomic E-state index is 12.9. The van der Waals surface area contributed by atoms with Crippen LogP contribution in [0.15, 0.2) is 0 Å². The molecule has 4 aliphatic rings. The van der Waals surface area contributed by atoms with Crippen molar-refractivity contribution in [3.05, 3.63) is 0 Å². The van der Waals surface area contributed by atoms with Gasteiger partial charge in [0.2, 0.25) is 5.91 Å². The van der Waals surface area contributed by atoms with Gasteiger partial charge in [0, 0.05) is 5.54 Å². The van der Waals surface area contributed by atoms with E-state index in [0.29, 0.717) is 18.3 Å². The highest BCUT2D eigenvalue weighted by Gasteiger charge is 2.65. The first kappa shape index (κ1) is 16.1. The molecule has 0 aromatic heterocycles. The van der Waals surface area contributed by atoms with Crippen molar-refractivity contribution < 1.29 is 9.36 Å². The summed E-state index contributed by atoms with van der Waals surface area (Å²) < 4.78 is 12.5. The van der Waals surface area contributed by atoms with E-state index in [1.807, 2.05) is 20.8 Å². The van der Waals surface area contributed by atoms with Crippen LogP contribution in [-0.2, 0) is 9.36 Å². The molecule has 4 fully saturated rings. The molecule has 4 bridgehead atoms. The molecule has 2 atom stereocenters. The average molecular weight is 352 g/mol. The van der Waals surface area contributed by atoms with E-state index in [-0.39, 0.29) is 11.4 Å². The van der Waals surface area contributed by atoms with Gasteiger partial charge >= 0.3 is 0 Å². The molecule has 0 spiro atoms. The van der Waals surface area contributed by atoms with Gasteiger partial charge in [0.25, 0.3) is 5.85 Å². The lowest BCUT2D eigenvalue weighted by Crippen LogP contribution is -2.61. The normalized spacial score (nSPS) is 42.1. The second-order valence-electron chi connectivity index (χ2n) is 8.63. The number of carbonyl (C=O) groups is 1. The molecular weight excluding hydrogens is 328 g/mol. The molecule has 2 unspecified atom stereocenters. The Hall–Kier alpha value is 0.280. The van der Waals surface area contributed by atoms with Crippen LogP contribution in [-0.4, -0.2) is 16.6 Å². The van der Waals surface area contributed by atoms with Gasteiger partial charge in [0.05, 0.1) is 10.6 Å². The zero-order valence-corrected chi connectivity index (χ0v) is 15.3. The average Bonchev–Trinajstić information content (AvgIpc) is 2.22. The van der Waals surface area contributed by atoms with Crippen LogP contribution in [0.4, 0.5) is 0 Å². The fourth-order valence-electron chi connectivity index (χ4n) is 5.26. The second kappa shape index (κ2) is 4.65. The van der Waals surface area contributed by atoms with Crippen molar-refractivity contribution in [3.8, 4) is 0 Å². The number of rotatable bonds is 2. The Morgan fingerprint density at radius 1 is 1.14 bits per heavy atom. The van der Waals surface area contributed by atoms with Crippen LogP contribution < -0.4 is 5.32 Å². The molecule has 0 heterocycles. The number of hydrogen-bond donors (Lipinski definition) is 1. The van der Waals surface area contributed by atoms with Gasteiger partial charge < -0.3 is 5.32 Å². The first-order chi connectivity index (χ1) is 9.45. The second-order valence-corrected chi connectivity index (χ2v) is 13.9. The minimum Gasteiger partial charge on any atom is -0.351 e. The van der Waals surface area contributed by atoms with Crippen LogP contribution in [0.5, 0.6) is 0 Å².